The molecule has 28 heavy (non-hydrogen) atoms. The highest BCUT2D eigenvalue weighted by Crippen LogP contribution is 2.59. The van der Waals surface area contributed by atoms with Gasteiger partial charge in [-0.15, -0.1) is 0 Å². The highest BCUT2D eigenvalue weighted by atomic mass is 15.2. The van der Waals surface area contributed by atoms with Crippen molar-refractivity contribution in [1.82, 2.24) is 4.81 Å². The largest absolute Gasteiger partial charge is 0.409 e. The minimum atomic E-state index is 0.312. The van der Waals surface area contributed by atoms with E-state index < -0.39 is 0 Å². The zero-order chi connectivity index (χ0) is 20.0. The van der Waals surface area contributed by atoms with Gasteiger partial charge in [0.1, 0.15) is 0 Å². The first-order valence-corrected chi connectivity index (χ1v) is 11.9. The molecule has 3 rings (SSSR count). The number of para-hydroxylation sites is 1. The average Bonchev–Trinajstić information content (AvgIpc) is 2.95. The summed E-state index contributed by atoms with van der Waals surface area (Å²) in [6, 6.07) is 10.9. The van der Waals surface area contributed by atoms with Gasteiger partial charge in [0, 0.05) is 23.2 Å². The van der Waals surface area contributed by atoms with Crippen LogP contribution >= 0.6 is 0 Å². The molecule has 0 atom stereocenters. The van der Waals surface area contributed by atoms with Gasteiger partial charge in [0.25, 0.3) is 0 Å². The normalized spacial score (nSPS) is 18.8. The summed E-state index contributed by atoms with van der Waals surface area (Å²) in [5.74, 6) is 0.684. The second-order valence-electron chi connectivity index (χ2n) is 9.45. The predicted molar refractivity (Wildman–Crippen MR) is 125 cm³/mol. The molecule has 1 aromatic rings. The third-order valence-electron chi connectivity index (χ3n) is 6.81. The van der Waals surface area contributed by atoms with Crippen LogP contribution in [0.2, 0.25) is 5.31 Å². The SMILES string of the molecule is CCCCC1(CCCC)B(Nc2ccccc2)N(CC(C)C)C2=C1CCCC2. The van der Waals surface area contributed by atoms with Crippen molar-refractivity contribution in [3.8, 4) is 0 Å². The van der Waals surface area contributed by atoms with Crippen molar-refractivity contribution in [2.45, 2.75) is 97.2 Å². The number of allylic oxidation sites excluding steroid dienone is 2. The molecule has 0 spiro atoms. The maximum Gasteiger partial charge on any atom is 0.383 e. The lowest BCUT2D eigenvalue weighted by Crippen LogP contribution is -2.50. The van der Waals surface area contributed by atoms with E-state index in [-0.39, 0.29) is 0 Å². The molecule has 0 bridgehead atoms. The molecule has 1 aliphatic carbocycles. The van der Waals surface area contributed by atoms with Crippen LogP contribution in [0.5, 0.6) is 0 Å². The van der Waals surface area contributed by atoms with Crippen molar-refractivity contribution < 1.29 is 0 Å². The van der Waals surface area contributed by atoms with Crippen molar-refractivity contribution >= 4 is 12.7 Å². The molecule has 0 aromatic heterocycles. The lowest BCUT2D eigenvalue weighted by atomic mass is 9.44. The van der Waals surface area contributed by atoms with Gasteiger partial charge in [0.05, 0.1) is 0 Å². The second-order valence-corrected chi connectivity index (χ2v) is 9.45. The molecule has 3 heteroatoms. The van der Waals surface area contributed by atoms with Crippen molar-refractivity contribution in [1.29, 1.82) is 0 Å². The Bertz CT molecular complexity index is 629. The topological polar surface area (TPSA) is 15.3 Å². The van der Waals surface area contributed by atoms with Gasteiger partial charge >= 0.3 is 6.98 Å². The minimum absolute atomic E-state index is 0.312. The fraction of sp³-hybridized carbons (Fsp3) is 0.680. The smallest absolute Gasteiger partial charge is 0.383 e. The number of hydrogen-bond acceptors (Lipinski definition) is 2. The second kappa shape index (κ2) is 9.90. The first kappa shape index (κ1) is 21.3. The summed E-state index contributed by atoms with van der Waals surface area (Å²) < 4.78 is 0. The van der Waals surface area contributed by atoms with E-state index in [1.54, 1.807) is 5.70 Å². The molecule has 0 fully saturated rings. The number of unbranched alkanes of at least 4 members (excludes halogenated alkanes) is 2. The summed E-state index contributed by atoms with van der Waals surface area (Å²) >= 11 is 0. The van der Waals surface area contributed by atoms with E-state index in [9.17, 15) is 0 Å². The molecule has 1 aromatic carbocycles. The van der Waals surface area contributed by atoms with Crippen LogP contribution in [-0.2, 0) is 0 Å². The summed E-state index contributed by atoms with van der Waals surface area (Å²) in [7, 11) is 0. The third kappa shape index (κ3) is 4.44. The maximum atomic E-state index is 4.05. The van der Waals surface area contributed by atoms with Crippen LogP contribution in [0, 0.1) is 5.92 Å². The van der Waals surface area contributed by atoms with Gasteiger partial charge in [0.15, 0.2) is 0 Å². The van der Waals surface area contributed by atoms with Gasteiger partial charge in [0.2, 0.25) is 0 Å². The van der Waals surface area contributed by atoms with Crippen molar-refractivity contribution in [2.75, 3.05) is 11.8 Å². The van der Waals surface area contributed by atoms with Crippen molar-refractivity contribution in [3.05, 3.63) is 41.6 Å². The summed E-state index contributed by atoms with van der Waals surface area (Å²) in [5, 5.41) is 4.36. The van der Waals surface area contributed by atoms with Crippen LogP contribution in [0.3, 0.4) is 0 Å². The Balaban J connectivity index is 2.04. The van der Waals surface area contributed by atoms with Gasteiger partial charge in [-0.3, -0.25) is 0 Å². The van der Waals surface area contributed by atoms with Gasteiger partial charge in [-0.2, -0.15) is 0 Å². The van der Waals surface area contributed by atoms with Crippen LogP contribution in [0.15, 0.2) is 41.6 Å². The Morgan fingerprint density at radius 2 is 1.64 bits per heavy atom. The molecule has 154 valence electrons. The van der Waals surface area contributed by atoms with E-state index >= 15 is 0 Å². The average molecular weight is 380 g/mol. The standard InChI is InChI=1S/C25H41BN2/c1-5-7-18-25(19-8-6-2)23-16-12-13-17-24(23)28(20-21(3)4)26(25)27-22-14-10-9-11-15-22/h9-11,14-15,21,27H,5-8,12-13,16-20H2,1-4H3. The van der Waals surface area contributed by atoms with Gasteiger partial charge in [-0.1, -0.05) is 71.6 Å². The Hall–Kier alpha value is -1.38. The van der Waals surface area contributed by atoms with Crippen LogP contribution in [0.25, 0.3) is 0 Å². The van der Waals surface area contributed by atoms with E-state index in [1.807, 2.05) is 5.57 Å². The molecule has 2 nitrogen and oxygen atoms in total. The maximum absolute atomic E-state index is 4.05. The van der Waals surface area contributed by atoms with Crippen LogP contribution in [-0.4, -0.2) is 18.3 Å². The Kier molecular flexibility index (Phi) is 7.54. The molecule has 1 N–H and O–H groups in total. The van der Waals surface area contributed by atoms with E-state index in [0.29, 0.717) is 18.2 Å². The molecule has 0 saturated heterocycles. The van der Waals surface area contributed by atoms with E-state index in [0.717, 1.165) is 0 Å². The quantitative estimate of drug-likeness (QED) is 0.423. The summed E-state index contributed by atoms with van der Waals surface area (Å²) in [6.45, 7) is 11.0. The third-order valence-corrected chi connectivity index (χ3v) is 6.81. The number of nitrogens with zero attached hydrogens (tertiary/aromatic N) is 1. The van der Waals surface area contributed by atoms with Crippen LogP contribution in [0.1, 0.15) is 91.9 Å². The zero-order valence-corrected chi connectivity index (χ0v) is 18.8. The van der Waals surface area contributed by atoms with Crippen LogP contribution in [0.4, 0.5) is 5.69 Å². The fourth-order valence-corrected chi connectivity index (χ4v) is 5.56. The Morgan fingerprint density at radius 3 is 2.25 bits per heavy atom. The molecular weight excluding hydrogens is 339 g/mol. The number of benzene rings is 1. The van der Waals surface area contributed by atoms with Gasteiger partial charge < -0.3 is 10.0 Å². The highest BCUT2D eigenvalue weighted by Gasteiger charge is 2.55. The zero-order valence-electron chi connectivity index (χ0n) is 18.8. The minimum Gasteiger partial charge on any atom is -0.409 e. The summed E-state index contributed by atoms with van der Waals surface area (Å²) in [6.07, 6.45) is 13.3. The number of hydrogen-bond donors (Lipinski definition) is 1. The van der Waals surface area contributed by atoms with E-state index in [4.69, 9.17) is 0 Å². The van der Waals surface area contributed by atoms with Crippen molar-refractivity contribution in [3.63, 3.8) is 0 Å². The number of anilines is 1. The molecule has 0 radical (unpaired) electrons. The first-order chi connectivity index (χ1) is 13.6. The van der Waals surface area contributed by atoms with Gasteiger partial charge in [-0.05, 0) is 62.1 Å². The lowest BCUT2D eigenvalue weighted by Gasteiger charge is -2.40. The monoisotopic (exact) mass is 380 g/mol. The number of nitrogens with one attached hydrogen (secondary N) is 1. The summed E-state index contributed by atoms with van der Waals surface area (Å²) in [4.78, 5) is 2.80. The molecule has 1 heterocycles. The van der Waals surface area contributed by atoms with Gasteiger partial charge in [-0.25, -0.2) is 0 Å². The summed E-state index contributed by atoms with van der Waals surface area (Å²) in [5.41, 5.74) is 4.81. The molecule has 0 unspecified atom stereocenters. The fourth-order valence-electron chi connectivity index (χ4n) is 5.56. The highest BCUT2D eigenvalue weighted by molar-refractivity contribution is 6.65. The molecule has 0 amide bonds. The predicted octanol–water partition coefficient (Wildman–Crippen LogP) is 7.51. The first-order valence-electron chi connectivity index (χ1n) is 11.9. The van der Waals surface area contributed by atoms with Crippen LogP contribution < -0.4 is 5.23 Å². The molecule has 2 aliphatic rings. The Labute approximate surface area is 174 Å². The molecular formula is C25H41BN2. The number of rotatable bonds is 10. The van der Waals surface area contributed by atoms with E-state index in [2.05, 4.69) is 68.1 Å². The van der Waals surface area contributed by atoms with Crippen molar-refractivity contribution in [2.24, 2.45) is 5.92 Å². The Morgan fingerprint density at radius 1 is 1.00 bits per heavy atom. The molecule has 0 saturated carbocycles. The lowest BCUT2D eigenvalue weighted by molar-refractivity contribution is 0.422. The molecule has 1 aliphatic heterocycles. The van der Waals surface area contributed by atoms with E-state index in [1.165, 1.54) is 76.4 Å².